The fraction of sp³-hybridized carbons (Fsp3) is 0.886. The van der Waals surface area contributed by atoms with Gasteiger partial charge in [-0.1, -0.05) is 95.4 Å². The molecular formula is C70H121F12LiO13Si2. The molecule has 3 spiro atoms. The molecule has 0 bridgehead atoms. The predicted octanol–water partition coefficient (Wildman–Crippen LogP) is 15.5. The number of Topliss-reactive ketones (excluding diaryl/α,β-unsaturated/α-hetero) is 1. The molecule has 1 N–H and O–H groups in total. The summed E-state index contributed by atoms with van der Waals surface area (Å²) >= 11 is 0. The van der Waals surface area contributed by atoms with E-state index in [1.54, 1.807) is 14.2 Å². The number of ketones is 1. The fourth-order valence-electron chi connectivity index (χ4n) is 13.4. The van der Waals surface area contributed by atoms with Crippen LogP contribution in [0.3, 0.4) is 0 Å². The van der Waals surface area contributed by atoms with Crippen molar-refractivity contribution in [3.63, 3.8) is 0 Å². The summed E-state index contributed by atoms with van der Waals surface area (Å²) in [6.07, 6.45) is -8.61. The molecule has 0 amide bonds. The van der Waals surface area contributed by atoms with E-state index < -0.39 is 92.9 Å². The third-order valence-corrected chi connectivity index (χ3v) is 31.0. The third-order valence-electron chi connectivity index (χ3n) is 22.0. The molecule has 0 aromatic rings. The predicted molar refractivity (Wildman–Crippen MR) is 357 cm³/mol. The Hall–Kier alpha value is -1.40. The van der Waals surface area contributed by atoms with Gasteiger partial charge in [-0.05, 0) is 136 Å². The number of allylic oxidation sites excluding steroid dienone is 3. The number of epoxide rings is 6. The first kappa shape index (κ1) is 94.6. The zero-order valence-electron chi connectivity index (χ0n) is 60.1. The number of methoxy groups -OCH3 is 3. The summed E-state index contributed by atoms with van der Waals surface area (Å²) in [4.78, 5) is 9.34. The number of aliphatic hydroxyl groups excluding tert-OH is 1. The Morgan fingerprint density at radius 2 is 0.745 bits per heavy atom. The number of hydrogen-bond acceptors (Lipinski definition) is 13. The van der Waals surface area contributed by atoms with Gasteiger partial charge in [0.15, 0.2) is 16.6 Å². The smallest absolute Gasteiger partial charge is 0.411 e. The minimum atomic E-state index is -4.64. The number of alkyl halides is 12. The average molecular weight is 1460 g/mol. The van der Waals surface area contributed by atoms with Crippen molar-refractivity contribution in [2.75, 3.05) is 41.2 Å². The largest absolute Gasteiger partial charge is 1.00 e. The Morgan fingerprint density at radius 1 is 0.510 bits per heavy atom. The van der Waals surface area contributed by atoms with Gasteiger partial charge < -0.3 is 63.5 Å². The second-order valence-corrected chi connectivity index (χ2v) is 40.3. The summed E-state index contributed by atoms with van der Waals surface area (Å²) < 4.78 is 214. The van der Waals surface area contributed by atoms with Gasteiger partial charge in [0, 0.05) is 45.0 Å². The summed E-state index contributed by atoms with van der Waals surface area (Å²) in [5, 5.41) is 10.4. The Morgan fingerprint density at radius 3 is 0.939 bits per heavy atom. The van der Waals surface area contributed by atoms with Crippen LogP contribution in [0.25, 0.3) is 0 Å². The van der Waals surface area contributed by atoms with Crippen LogP contribution in [0.2, 0.25) is 36.3 Å². The standard InChI is InChI=1S/2C22H37F3O4Si.C16H23F3O4.C4H9.C3H3F3O.3CH4.Li/c2*1-14(22(23,24)25)9-10-16-20(5,28-16)18-17(26-6)15(11-12-21(18)13-27-21)29-30(7,8)19(2,3)4;1-9(16(17,18)19)4-5-11-14(2,23-11)13-12(21-3)10(20)6-7-15(13)8-22-15;1-3-4-2;1-2(7)3(4,5)6;;;;/h2*9,15-18H,10-13H2,1-8H3;4,10-13,20H,5-8H2,1-3H3;1,3-4H2,2H3;1H3;3*1H4;/q;;;-1;;;;;+1/b14-9+;14-9-;9-4+;;;;;;/t2*15-,16-,17-,18-,20-,21+;10-,11-,12-,13-,14-,15+;;;;;;/m111....../s1. The first-order valence-electron chi connectivity index (χ1n) is 32.8. The molecule has 3 aliphatic carbocycles. The van der Waals surface area contributed by atoms with Crippen molar-refractivity contribution in [3.8, 4) is 0 Å². The molecule has 0 aromatic heterocycles. The Kier molecular flexibility index (Phi) is 32.8. The summed E-state index contributed by atoms with van der Waals surface area (Å²) in [5.41, 5.74) is -4.51. The van der Waals surface area contributed by atoms with Gasteiger partial charge in [-0.2, -0.15) is 59.1 Å². The van der Waals surface area contributed by atoms with Crippen LogP contribution in [0.4, 0.5) is 52.7 Å². The van der Waals surface area contributed by atoms with Crippen molar-refractivity contribution in [1.29, 1.82) is 0 Å². The monoisotopic (exact) mass is 1460 g/mol. The van der Waals surface area contributed by atoms with Crippen molar-refractivity contribution < 1.29 is 133 Å². The maximum absolute atomic E-state index is 12.9. The molecule has 18 atom stereocenters. The van der Waals surface area contributed by atoms with Crippen molar-refractivity contribution in [3.05, 3.63) is 41.9 Å². The first-order chi connectivity index (χ1) is 42.6. The van der Waals surface area contributed by atoms with Crippen LogP contribution in [-0.2, 0) is 56.3 Å². The number of carbonyl (C=O) groups excluding carboxylic acids is 1. The number of ether oxygens (including phenoxy) is 9. The van der Waals surface area contributed by atoms with Crippen molar-refractivity contribution >= 4 is 22.4 Å². The molecule has 98 heavy (non-hydrogen) atoms. The first-order valence-corrected chi connectivity index (χ1v) is 38.6. The van der Waals surface area contributed by atoms with E-state index in [2.05, 4.69) is 81.6 Å². The number of halogens is 12. The Labute approximate surface area is 592 Å². The van der Waals surface area contributed by atoms with Crippen LogP contribution in [0, 0.1) is 24.7 Å². The number of unbranched alkanes of at least 4 members (excludes halogenated alkanes) is 1. The minimum Gasteiger partial charge on any atom is -0.411 e. The van der Waals surface area contributed by atoms with Gasteiger partial charge in [-0.3, -0.25) is 4.79 Å². The normalized spacial score (nSPS) is 36.7. The second-order valence-electron chi connectivity index (χ2n) is 30.8. The molecule has 0 unspecified atom stereocenters. The molecule has 28 heteroatoms. The van der Waals surface area contributed by atoms with Crippen LogP contribution < -0.4 is 18.9 Å². The van der Waals surface area contributed by atoms with Crippen LogP contribution >= 0.6 is 0 Å². The van der Waals surface area contributed by atoms with E-state index in [0.29, 0.717) is 33.2 Å². The maximum atomic E-state index is 12.9. The average Bonchev–Trinajstić information content (AvgIpc) is 1.55. The van der Waals surface area contributed by atoms with Gasteiger partial charge in [0.2, 0.25) is 5.78 Å². The van der Waals surface area contributed by atoms with E-state index in [0.717, 1.165) is 59.3 Å². The van der Waals surface area contributed by atoms with E-state index in [4.69, 9.17) is 51.5 Å². The second kappa shape index (κ2) is 34.0. The molecule has 0 radical (unpaired) electrons. The molecule has 9 aliphatic rings. The topological polar surface area (TPSA) is 159 Å². The maximum Gasteiger partial charge on any atom is 1.00 e. The summed E-state index contributed by atoms with van der Waals surface area (Å²) in [6.45, 7) is 39.4. The van der Waals surface area contributed by atoms with Gasteiger partial charge in [0.05, 0.1) is 109 Å². The van der Waals surface area contributed by atoms with E-state index >= 15 is 0 Å². The van der Waals surface area contributed by atoms with E-state index in [1.807, 2.05) is 20.8 Å². The molecule has 6 heterocycles. The van der Waals surface area contributed by atoms with Crippen molar-refractivity contribution in [1.82, 2.24) is 0 Å². The van der Waals surface area contributed by atoms with Crippen LogP contribution in [0.5, 0.6) is 0 Å². The number of carbonyl (C=O) groups is 1. The molecule has 9 rings (SSSR count). The number of aliphatic hydroxyl groups is 1. The Balaban J connectivity index is 0.000000672. The van der Waals surface area contributed by atoms with Crippen LogP contribution in [0.15, 0.2) is 34.9 Å². The third kappa shape index (κ3) is 22.3. The molecule has 0 aromatic carbocycles. The van der Waals surface area contributed by atoms with E-state index in [1.165, 1.54) is 31.8 Å². The Bertz CT molecular complexity index is 2510. The molecule has 6 saturated heterocycles. The zero-order chi connectivity index (χ0) is 72.0. The van der Waals surface area contributed by atoms with Crippen molar-refractivity contribution in [2.45, 2.75) is 339 Å². The summed E-state index contributed by atoms with van der Waals surface area (Å²) in [6, 6.07) is 0. The van der Waals surface area contributed by atoms with E-state index in [9.17, 15) is 62.6 Å². The minimum absolute atomic E-state index is 0. The quantitative estimate of drug-likeness (QED) is 0.0483. The molecule has 9 fully saturated rings. The van der Waals surface area contributed by atoms with Gasteiger partial charge in [-0.25, -0.2) is 0 Å². The molecule has 13 nitrogen and oxygen atoms in total. The van der Waals surface area contributed by atoms with Crippen LogP contribution in [0.1, 0.15) is 190 Å². The van der Waals surface area contributed by atoms with Gasteiger partial charge in [-0.15, -0.1) is 0 Å². The van der Waals surface area contributed by atoms with E-state index in [-0.39, 0.29) is 148 Å². The van der Waals surface area contributed by atoms with Gasteiger partial charge in [0.1, 0.15) is 16.8 Å². The molecule has 572 valence electrons. The molecule has 3 saturated carbocycles. The fourth-order valence-corrected chi connectivity index (χ4v) is 16.1. The van der Waals surface area contributed by atoms with Gasteiger partial charge in [0.25, 0.3) is 0 Å². The van der Waals surface area contributed by atoms with Crippen LogP contribution in [-0.4, -0.2) is 182 Å². The summed E-state index contributed by atoms with van der Waals surface area (Å²) in [7, 11) is 0.901. The van der Waals surface area contributed by atoms with Gasteiger partial charge >= 0.3 is 43.6 Å². The SMILES string of the molecule is C.C.C.CC(=O)C(F)(F)F.CO[C@@H]1[C@H](O)CC[C@]2(CO2)[C@H]1[C@]1(C)O[C@@H]1C/C=C(\C)C(F)(F)F.CO[C@@H]1[C@H](O[Si](C)(C)C(C)(C)C)CC[C@]2(CO2)[C@H]1[C@]1(C)O[C@@H]1C/C=C(/C)C(F)(F)F.CO[C@@H]1[C@H](O[Si](C)(C)C(C)(C)C)CC[C@]2(CO2)[C@H]1[C@]1(C)O[C@@H]1C/C=C(\C)C(F)(F)F.[CH2-]CCC.[Li+]. The molecular weight excluding hydrogens is 1340 g/mol. The van der Waals surface area contributed by atoms with Crippen molar-refractivity contribution in [2.24, 2.45) is 17.8 Å². The molecule has 6 aliphatic heterocycles. The summed E-state index contributed by atoms with van der Waals surface area (Å²) in [5.74, 6) is -2.06. The number of rotatable bonds is 17. The number of hydrogen-bond donors (Lipinski definition) is 1. The zero-order valence-corrected chi connectivity index (χ0v) is 62.1.